The number of benzene rings is 1. The van der Waals surface area contributed by atoms with Gasteiger partial charge in [0.1, 0.15) is 6.10 Å². The van der Waals surface area contributed by atoms with Crippen molar-refractivity contribution >= 4 is 0 Å². The predicted molar refractivity (Wildman–Crippen MR) is 98.5 cm³/mol. The topological polar surface area (TPSA) is 41.9 Å². The van der Waals surface area contributed by atoms with Crippen molar-refractivity contribution in [3.63, 3.8) is 0 Å². The molecule has 0 amide bonds. The Balaban J connectivity index is 2.37. The van der Waals surface area contributed by atoms with Crippen molar-refractivity contribution in [2.24, 2.45) is 11.1 Å². The molecular formula is C20H32N2O2. The van der Waals surface area contributed by atoms with Gasteiger partial charge in [-0.15, -0.1) is 0 Å². The summed E-state index contributed by atoms with van der Waals surface area (Å²) in [5.41, 5.74) is 0.751. The van der Waals surface area contributed by atoms with E-state index in [9.17, 15) is 4.91 Å². The highest BCUT2D eigenvalue weighted by Crippen LogP contribution is 2.47. The molecule has 1 saturated heterocycles. The van der Waals surface area contributed by atoms with E-state index in [0.29, 0.717) is 0 Å². The quantitative estimate of drug-likeness (QED) is 0.646. The molecule has 0 saturated carbocycles. The van der Waals surface area contributed by atoms with Crippen molar-refractivity contribution in [3.8, 4) is 0 Å². The molecule has 5 unspecified atom stereocenters. The molecule has 2 rings (SSSR count). The highest BCUT2D eigenvalue weighted by atomic mass is 16.7. The van der Waals surface area contributed by atoms with Gasteiger partial charge in [0, 0.05) is 17.0 Å². The fraction of sp³-hybridized carbons (Fsp3) is 0.700. The van der Waals surface area contributed by atoms with Crippen LogP contribution in [0.2, 0.25) is 0 Å². The van der Waals surface area contributed by atoms with Gasteiger partial charge in [0.15, 0.2) is 0 Å². The molecule has 24 heavy (non-hydrogen) atoms. The molecule has 0 spiro atoms. The zero-order chi connectivity index (χ0) is 18.0. The maximum Gasteiger partial charge on any atom is 0.102 e. The maximum absolute atomic E-state index is 11.4. The van der Waals surface area contributed by atoms with E-state index in [2.05, 4.69) is 63.9 Å². The van der Waals surface area contributed by atoms with Crippen LogP contribution in [0.25, 0.3) is 0 Å². The number of rotatable bonds is 6. The summed E-state index contributed by atoms with van der Waals surface area (Å²) in [6, 6.07) is 10.1. The van der Waals surface area contributed by atoms with Gasteiger partial charge in [-0.2, -0.15) is 9.97 Å². The minimum atomic E-state index is -0.218. The van der Waals surface area contributed by atoms with Gasteiger partial charge in [0.2, 0.25) is 0 Å². The van der Waals surface area contributed by atoms with Gasteiger partial charge >= 0.3 is 0 Å². The van der Waals surface area contributed by atoms with E-state index in [-0.39, 0.29) is 29.1 Å². The molecule has 0 bridgehead atoms. The lowest BCUT2D eigenvalue weighted by molar-refractivity contribution is -0.326. The minimum absolute atomic E-state index is 0.0316. The molecular weight excluding hydrogens is 300 g/mol. The summed E-state index contributed by atoms with van der Waals surface area (Å²) in [6.07, 6.45) is 2.54. The lowest BCUT2D eigenvalue weighted by Crippen LogP contribution is -2.67. The molecule has 1 aliphatic rings. The normalized spacial score (nSPS) is 35.6. The number of nitrogens with zero attached hydrogens (tertiary/aromatic N) is 2. The third-order valence-electron chi connectivity index (χ3n) is 6.31. The minimum Gasteiger partial charge on any atom is -0.290 e. The molecule has 1 aromatic carbocycles. The first-order valence-corrected chi connectivity index (χ1v) is 9.17. The van der Waals surface area contributed by atoms with Crippen LogP contribution in [0, 0.1) is 10.8 Å². The monoisotopic (exact) mass is 332 g/mol. The van der Waals surface area contributed by atoms with Crippen LogP contribution in [0.15, 0.2) is 35.5 Å². The van der Waals surface area contributed by atoms with E-state index in [1.54, 1.807) is 0 Å². The van der Waals surface area contributed by atoms with Crippen LogP contribution >= 0.6 is 0 Å². The summed E-state index contributed by atoms with van der Waals surface area (Å²) >= 11 is 0. The molecule has 4 heteroatoms. The zero-order valence-electron chi connectivity index (χ0n) is 16.0. The van der Waals surface area contributed by atoms with Crippen molar-refractivity contribution in [2.75, 3.05) is 0 Å². The van der Waals surface area contributed by atoms with Gasteiger partial charge in [-0.25, -0.2) is 0 Å². The molecule has 0 aromatic heterocycles. The zero-order valence-corrected chi connectivity index (χ0v) is 16.0. The molecule has 0 radical (unpaired) electrons. The first-order valence-electron chi connectivity index (χ1n) is 9.17. The van der Waals surface area contributed by atoms with Crippen LogP contribution in [0.4, 0.5) is 0 Å². The number of hydroxylamine groups is 2. The molecule has 1 aromatic rings. The van der Waals surface area contributed by atoms with Crippen LogP contribution in [0.3, 0.4) is 0 Å². The molecule has 0 N–H and O–H groups in total. The number of hydrogen-bond acceptors (Lipinski definition) is 4. The first kappa shape index (κ1) is 19.1. The highest BCUT2D eigenvalue weighted by molar-refractivity contribution is 5.17. The third-order valence-corrected chi connectivity index (χ3v) is 6.31. The van der Waals surface area contributed by atoms with Gasteiger partial charge in [-0.3, -0.25) is 4.84 Å². The van der Waals surface area contributed by atoms with E-state index in [1.165, 1.54) is 0 Å². The van der Waals surface area contributed by atoms with E-state index in [4.69, 9.17) is 4.84 Å². The van der Waals surface area contributed by atoms with Crippen molar-refractivity contribution in [3.05, 3.63) is 40.8 Å². The summed E-state index contributed by atoms with van der Waals surface area (Å²) in [5.74, 6) is 0.155. The summed E-state index contributed by atoms with van der Waals surface area (Å²) < 4.78 is 0. The maximum atomic E-state index is 11.4. The second-order valence-corrected chi connectivity index (χ2v) is 7.68. The van der Waals surface area contributed by atoms with Crippen LogP contribution in [-0.4, -0.2) is 22.2 Å². The summed E-state index contributed by atoms with van der Waals surface area (Å²) in [5, 5.41) is 5.65. The van der Waals surface area contributed by atoms with Gasteiger partial charge in [0.05, 0.1) is 6.04 Å². The summed E-state index contributed by atoms with van der Waals surface area (Å²) in [7, 11) is 0. The van der Waals surface area contributed by atoms with Gasteiger partial charge in [0.25, 0.3) is 0 Å². The van der Waals surface area contributed by atoms with Gasteiger partial charge < -0.3 is 0 Å². The molecule has 1 heterocycles. The second kappa shape index (κ2) is 7.32. The Kier molecular flexibility index (Phi) is 5.82. The van der Waals surface area contributed by atoms with Crippen LogP contribution in [0.1, 0.15) is 72.5 Å². The lowest BCUT2D eigenvalue weighted by Gasteiger charge is -2.58. The SMILES string of the molecule is CCC1(C)CC(N=O)C(C)C(C)(CC)N1OC(C)c1ccccc1. The number of piperidine rings is 1. The summed E-state index contributed by atoms with van der Waals surface area (Å²) in [4.78, 5) is 18.0. The lowest BCUT2D eigenvalue weighted by atomic mass is 9.68. The fourth-order valence-corrected chi connectivity index (χ4v) is 4.00. The average molecular weight is 332 g/mol. The second-order valence-electron chi connectivity index (χ2n) is 7.68. The van der Waals surface area contributed by atoms with E-state index < -0.39 is 0 Å². The average Bonchev–Trinajstić information content (AvgIpc) is 2.62. The number of hydrogen-bond donors (Lipinski definition) is 0. The molecule has 5 atom stereocenters. The molecule has 1 aliphatic heterocycles. The van der Waals surface area contributed by atoms with E-state index >= 15 is 0 Å². The largest absolute Gasteiger partial charge is 0.290 e. The molecule has 4 nitrogen and oxygen atoms in total. The molecule has 0 aliphatic carbocycles. The Bertz CT molecular complexity index is 550. The Hall–Kier alpha value is -1.26. The Morgan fingerprint density at radius 2 is 1.88 bits per heavy atom. The smallest absolute Gasteiger partial charge is 0.102 e. The van der Waals surface area contributed by atoms with Crippen molar-refractivity contribution < 1.29 is 4.84 Å². The van der Waals surface area contributed by atoms with Crippen molar-refractivity contribution in [2.45, 2.75) is 84.0 Å². The Morgan fingerprint density at radius 3 is 2.38 bits per heavy atom. The predicted octanol–water partition coefficient (Wildman–Crippen LogP) is 5.49. The summed E-state index contributed by atoms with van der Waals surface area (Å²) in [6.45, 7) is 13.0. The van der Waals surface area contributed by atoms with E-state index in [1.807, 2.05) is 18.2 Å². The van der Waals surface area contributed by atoms with Gasteiger partial charge in [-0.05, 0) is 45.6 Å². The van der Waals surface area contributed by atoms with Crippen molar-refractivity contribution in [1.82, 2.24) is 5.06 Å². The van der Waals surface area contributed by atoms with Gasteiger partial charge in [-0.1, -0.05) is 56.3 Å². The van der Waals surface area contributed by atoms with Crippen LogP contribution < -0.4 is 0 Å². The molecule has 1 fully saturated rings. The highest BCUT2D eigenvalue weighted by Gasteiger charge is 2.54. The van der Waals surface area contributed by atoms with Crippen molar-refractivity contribution in [1.29, 1.82) is 0 Å². The fourth-order valence-electron chi connectivity index (χ4n) is 4.00. The Labute approximate surface area is 146 Å². The molecule has 134 valence electrons. The van der Waals surface area contributed by atoms with E-state index in [0.717, 1.165) is 24.8 Å². The third kappa shape index (κ3) is 3.27. The first-order chi connectivity index (χ1) is 11.3. The number of nitroso groups, excluding NO2 is 1. The van der Waals surface area contributed by atoms with Crippen LogP contribution in [0.5, 0.6) is 0 Å². The Morgan fingerprint density at radius 1 is 1.25 bits per heavy atom. The van der Waals surface area contributed by atoms with Crippen LogP contribution in [-0.2, 0) is 4.84 Å². The standard InChI is InChI=1S/C20H32N2O2/c1-7-19(5)14-18(21-23)15(3)20(6,8-2)22(19)24-16(4)17-12-10-9-11-13-17/h9-13,15-16,18H,7-8,14H2,1-6H3.